The minimum Gasteiger partial charge on any atom is -0.373 e. The lowest BCUT2D eigenvalue weighted by molar-refractivity contribution is -0.122. The van der Waals surface area contributed by atoms with Crippen LogP contribution in [-0.4, -0.2) is 18.0 Å². The SMILES string of the molecule is CCCC(C)NC(=O)C(C)Nc1cc(Cl)ccc1Br. The molecular formula is C14H20BrClN2O. The normalized spacial score (nSPS) is 13.7. The van der Waals surface area contributed by atoms with E-state index in [0.29, 0.717) is 5.02 Å². The number of rotatable bonds is 6. The van der Waals surface area contributed by atoms with E-state index < -0.39 is 0 Å². The first-order chi connectivity index (χ1) is 8.93. The number of carbonyl (C=O) groups excluding carboxylic acids is 1. The van der Waals surface area contributed by atoms with Crippen molar-refractivity contribution in [3.63, 3.8) is 0 Å². The van der Waals surface area contributed by atoms with Crippen molar-refractivity contribution < 1.29 is 4.79 Å². The predicted molar refractivity (Wildman–Crippen MR) is 84.7 cm³/mol. The summed E-state index contributed by atoms with van der Waals surface area (Å²) in [6.45, 7) is 5.96. The molecule has 0 aromatic heterocycles. The molecule has 19 heavy (non-hydrogen) atoms. The zero-order valence-corrected chi connectivity index (χ0v) is 13.8. The molecule has 0 aliphatic carbocycles. The molecule has 5 heteroatoms. The molecule has 0 spiro atoms. The van der Waals surface area contributed by atoms with Gasteiger partial charge in [0.2, 0.25) is 5.91 Å². The van der Waals surface area contributed by atoms with Crippen LogP contribution < -0.4 is 10.6 Å². The Morgan fingerprint density at radius 1 is 1.42 bits per heavy atom. The van der Waals surface area contributed by atoms with Crippen LogP contribution in [0.3, 0.4) is 0 Å². The van der Waals surface area contributed by atoms with E-state index in [1.165, 1.54) is 0 Å². The topological polar surface area (TPSA) is 41.1 Å². The van der Waals surface area contributed by atoms with Crippen LogP contribution in [0, 0.1) is 0 Å². The maximum atomic E-state index is 12.0. The molecule has 0 saturated heterocycles. The molecule has 0 aliphatic heterocycles. The third-order valence-corrected chi connectivity index (χ3v) is 3.73. The van der Waals surface area contributed by atoms with Gasteiger partial charge in [-0.2, -0.15) is 0 Å². The zero-order valence-electron chi connectivity index (χ0n) is 11.5. The van der Waals surface area contributed by atoms with E-state index >= 15 is 0 Å². The summed E-state index contributed by atoms with van der Waals surface area (Å²) in [6.07, 6.45) is 2.04. The third kappa shape index (κ3) is 5.41. The van der Waals surface area contributed by atoms with Gasteiger partial charge in [0.1, 0.15) is 6.04 Å². The first-order valence-corrected chi connectivity index (χ1v) is 7.63. The van der Waals surface area contributed by atoms with E-state index in [-0.39, 0.29) is 18.0 Å². The Morgan fingerprint density at radius 3 is 2.74 bits per heavy atom. The largest absolute Gasteiger partial charge is 0.373 e. The van der Waals surface area contributed by atoms with Gasteiger partial charge in [0.05, 0.1) is 5.69 Å². The van der Waals surface area contributed by atoms with E-state index in [0.717, 1.165) is 23.0 Å². The Morgan fingerprint density at radius 2 is 2.11 bits per heavy atom. The van der Waals surface area contributed by atoms with E-state index in [1.807, 2.05) is 19.9 Å². The van der Waals surface area contributed by atoms with Gasteiger partial charge >= 0.3 is 0 Å². The minimum absolute atomic E-state index is 0.00664. The van der Waals surface area contributed by atoms with Crippen molar-refractivity contribution in [2.45, 2.75) is 45.7 Å². The fourth-order valence-corrected chi connectivity index (χ4v) is 2.31. The highest BCUT2D eigenvalue weighted by atomic mass is 79.9. The van der Waals surface area contributed by atoms with Crippen molar-refractivity contribution in [3.8, 4) is 0 Å². The van der Waals surface area contributed by atoms with Crippen LogP contribution in [-0.2, 0) is 4.79 Å². The van der Waals surface area contributed by atoms with E-state index in [9.17, 15) is 4.79 Å². The van der Waals surface area contributed by atoms with Gasteiger partial charge in [0.25, 0.3) is 0 Å². The van der Waals surface area contributed by atoms with Crippen LogP contribution >= 0.6 is 27.5 Å². The smallest absolute Gasteiger partial charge is 0.242 e. The molecule has 0 aliphatic rings. The molecule has 0 fully saturated rings. The van der Waals surface area contributed by atoms with Crippen molar-refractivity contribution in [2.24, 2.45) is 0 Å². The van der Waals surface area contributed by atoms with Crippen LogP contribution in [0.25, 0.3) is 0 Å². The van der Waals surface area contributed by atoms with E-state index in [4.69, 9.17) is 11.6 Å². The standard InChI is InChI=1S/C14H20BrClN2O/c1-4-5-9(2)17-14(19)10(3)18-13-8-11(16)6-7-12(13)15/h6-10,18H,4-5H2,1-3H3,(H,17,19). The molecular weight excluding hydrogens is 328 g/mol. The van der Waals surface area contributed by atoms with Crippen LogP contribution in [0.5, 0.6) is 0 Å². The molecule has 2 N–H and O–H groups in total. The summed E-state index contributed by atoms with van der Waals surface area (Å²) in [7, 11) is 0. The molecule has 0 heterocycles. The van der Waals surface area contributed by atoms with Crippen LogP contribution in [0.15, 0.2) is 22.7 Å². The summed E-state index contributed by atoms with van der Waals surface area (Å²) in [4.78, 5) is 12.0. The first-order valence-electron chi connectivity index (χ1n) is 6.46. The summed E-state index contributed by atoms with van der Waals surface area (Å²) >= 11 is 9.37. The average molecular weight is 348 g/mol. The number of amides is 1. The molecule has 2 atom stereocenters. The van der Waals surface area contributed by atoms with Gasteiger partial charge in [-0.15, -0.1) is 0 Å². The lowest BCUT2D eigenvalue weighted by Crippen LogP contribution is -2.42. The molecule has 1 amide bonds. The van der Waals surface area contributed by atoms with Crippen molar-refractivity contribution in [3.05, 3.63) is 27.7 Å². The van der Waals surface area contributed by atoms with Crippen LogP contribution in [0.2, 0.25) is 5.02 Å². The number of halogens is 2. The average Bonchev–Trinajstić information content (AvgIpc) is 2.34. The molecule has 1 aromatic rings. The highest BCUT2D eigenvalue weighted by Gasteiger charge is 2.15. The van der Waals surface area contributed by atoms with Crippen LogP contribution in [0.4, 0.5) is 5.69 Å². The summed E-state index contributed by atoms with van der Waals surface area (Å²) < 4.78 is 0.887. The lowest BCUT2D eigenvalue weighted by atomic mass is 10.2. The van der Waals surface area contributed by atoms with E-state index in [2.05, 4.69) is 33.5 Å². The summed E-state index contributed by atoms with van der Waals surface area (Å²) in [5.74, 6) is -0.00664. The second kappa shape index (κ2) is 7.75. The zero-order chi connectivity index (χ0) is 14.4. The number of nitrogens with one attached hydrogen (secondary N) is 2. The number of anilines is 1. The van der Waals surface area contributed by atoms with Gasteiger partial charge in [-0.3, -0.25) is 4.79 Å². The van der Waals surface area contributed by atoms with Crippen molar-refractivity contribution >= 4 is 39.1 Å². The Hall–Kier alpha value is -0.740. The fraction of sp³-hybridized carbons (Fsp3) is 0.500. The van der Waals surface area contributed by atoms with Gasteiger partial charge in [-0.05, 0) is 54.4 Å². The molecule has 1 aromatic carbocycles. The molecule has 3 nitrogen and oxygen atoms in total. The Balaban J connectivity index is 2.61. The van der Waals surface area contributed by atoms with Gasteiger partial charge in [-0.1, -0.05) is 24.9 Å². The highest BCUT2D eigenvalue weighted by Crippen LogP contribution is 2.26. The molecule has 106 valence electrons. The van der Waals surface area contributed by atoms with Gasteiger partial charge < -0.3 is 10.6 Å². The summed E-state index contributed by atoms with van der Waals surface area (Å²) in [5, 5.41) is 6.78. The maximum absolute atomic E-state index is 12.0. The minimum atomic E-state index is -0.311. The van der Waals surface area contributed by atoms with Gasteiger partial charge in [-0.25, -0.2) is 0 Å². The predicted octanol–water partition coefficient (Wildman–Crippen LogP) is 4.21. The van der Waals surface area contributed by atoms with Crippen molar-refractivity contribution in [1.82, 2.24) is 5.32 Å². The second-order valence-corrected chi connectivity index (χ2v) is 5.98. The van der Waals surface area contributed by atoms with Gasteiger partial charge in [0, 0.05) is 15.5 Å². The molecule has 0 radical (unpaired) electrons. The Bertz CT molecular complexity index is 439. The fourth-order valence-electron chi connectivity index (χ4n) is 1.78. The van der Waals surface area contributed by atoms with Crippen molar-refractivity contribution in [2.75, 3.05) is 5.32 Å². The van der Waals surface area contributed by atoms with Crippen molar-refractivity contribution in [1.29, 1.82) is 0 Å². The Kier molecular flexibility index (Phi) is 6.66. The molecule has 0 bridgehead atoms. The summed E-state index contributed by atoms with van der Waals surface area (Å²) in [5.41, 5.74) is 0.818. The molecule has 0 saturated carbocycles. The highest BCUT2D eigenvalue weighted by molar-refractivity contribution is 9.10. The number of hydrogen-bond donors (Lipinski definition) is 2. The number of carbonyl (C=O) groups is 1. The second-order valence-electron chi connectivity index (χ2n) is 4.69. The first kappa shape index (κ1) is 16.3. The monoisotopic (exact) mass is 346 g/mol. The third-order valence-electron chi connectivity index (χ3n) is 2.80. The number of benzene rings is 1. The summed E-state index contributed by atoms with van der Waals surface area (Å²) in [6, 6.07) is 5.34. The quantitative estimate of drug-likeness (QED) is 0.809. The molecule has 1 rings (SSSR count). The number of hydrogen-bond acceptors (Lipinski definition) is 2. The van der Waals surface area contributed by atoms with Gasteiger partial charge in [0.15, 0.2) is 0 Å². The lowest BCUT2D eigenvalue weighted by Gasteiger charge is -2.19. The Labute approximate surface area is 128 Å². The molecule has 2 unspecified atom stereocenters. The maximum Gasteiger partial charge on any atom is 0.242 e. The van der Waals surface area contributed by atoms with E-state index in [1.54, 1.807) is 12.1 Å². The van der Waals surface area contributed by atoms with Crippen LogP contribution in [0.1, 0.15) is 33.6 Å².